The zero-order chi connectivity index (χ0) is 20.0. The van der Waals surface area contributed by atoms with Crippen molar-refractivity contribution >= 4 is 23.6 Å². The predicted octanol–water partition coefficient (Wildman–Crippen LogP) is 3.73. The fraction of sp³-hybridized carbons (Fsp3) is 0.286. The predicted molar refractivity (Wildman–Crippen MR) is 107 cm³/mol. The third-order valence-corrected chi connectivity index (χ3v) is 4.49. The molecular weight excluding hydrogens is 342 g/mol. The number of nitrogens with one attached hydrogen (secondary N) is 1. The van der Waals surface area contributed by atoms with Gasteiger partial charge in [-0.3, -0.25) is 9.59 Å². The molecule has 2 aromatic rings. The number of nitrogens with zero attached hydrogens (tertiary/aromatic N) is 2. The van der Waals surface area contributed by atoms with E-state index in [2.05, 4.69) is 17.1 Å². The average Bonchev–Trinajstić information content (AvgIpc) is 2.91. The molecule has 0 atom stereocenters. The Morgan fingerprint density at radius 2 is 2.00 bits per heavy atom. The van der Waals surface area contributed by atoms with Gasteiger partial charge >= 0.3 is 0 Å². The van der Waals surface area contributed by atoms with Crippen LogP contribution in [0.4, 0.5) is 5.69 Å². The minimum Gasteiger partial charge on any atom is -0.387 e. The van der Waals surface area contributed by atoms with Gasteiger partial charge in [-0.25, -0.2) is 0 Å². The van der Waals surface area contributed by atoms with E-state index < -0.39 is 5.91 Å². The Kier molecular flexibility index (Phi) is 6.71. The number of carbonyl (C=O) groups excluding carboxylic acids is 2. The summed E-state index contributed by atoms with van der Waals surface area (Å²) in [5, 5.41) is 6.34. The molecule has 1 N–H and O–H groups in total. The second-order valence-electron chi connectivity index (χ2n) is 6.35. The number of benzene rings is 1. The molecule has 0 aliphatic carbocycles. The molecule has 0 fully saturated rings. The van der Waals surface area contributed by atoms with Crippen molar-refractivity contribution in [3.05, 3.63) is 65.0 Å². The summed E-state index contributed by atoms with van der Waals surface area (Å²) < 4.78 is 2.00. The zero-order valence-corrected chi connectivity index (χ0v) is 16.2. The molecule has 1 aromatic carbocycles. The van der Waals surface area contributed by atoms with E-state index in [9.17, 15) is 9.59 Å². The number of aromatic nitrogens is 1. The highest BCUT2D eigenvalue weighted by Gasteiger charge is 2.15. The van der Waals surface area contributed by atoms with Crippen LogP contribution in [0.25, 0.3) is 0 Å². The van der Waals surface area contributed by atoms with Gasteiger partial charge in [0.1, 0.15) is 6.21 Å². The monoisotopic (exact) mass is 367 g/mol. The fourth-order valence-corrected chi connectivity index (χ4v) is 2.80. The molecule has 1 aromatic heterocycles. The van der Waals surface area contributed by atoms with Crippen LogP contribution in [0.15, 0.2) is 42.1 Å². The first-order valence-electron chi connectivity index (χ1n) is 8.68. The molecule has 27 heavy (non-hydrogen) atoms. The molecule has 0 unspecified atom stereocenters. The fourth-order valence-electron chi connectivity index (χ4n) is 2.80. The van der Waals surface area contributed by atoms with Gasteiger partial charge in [0.25, 0.3) is 5.91 Å². The maximum Gasteiger partial charge on any atom is 0.270 e. The van der Waals surface area contributed by atoms with E-state index in [0.29, 0.717) is 12.1 Å². The number of carbonyl (C=O) groups is 2. The van der Waals surface area contributed by atoms with Crippen molar-refractivity contribution in [3.63, 3.8) is 0 Å². The SMILES string of the molecule is C=CCn1c(C)cc(C(=O)CO/N=C/C(=O)Nc2cccc(C)c2C)c1C. The molecule has 0 aliphatic rings. The van der Waals surface area contributed by atoms with Crippen LogP contribution in [-0.4, -0.2) is 29.1 Å². The zero-order valence-electron chi connectivity index (χ0n) is 16.2. The molecule has 0 radical (unpaired) electrons. The standard InChI is InChI=1S/C21H25N3O3/c1-6-10-24-15(3)11-18(17(24)5)20(25)13-27-22-12-21(26)23-19-9-7-8-14(2)16(19)4/h6-9,11-12H,1,10,13H2,2-5H3,(H,23,26)/b22-12+. The first kappa shape index (κ1) is 20.2. The lowest BCUT2D eigenvalue weighted by Crippen LogP contribution is -2.15. The lowest BCUT2D eigenvalue weighted by Gasteiger charge is -2.08. The molecule has 142 valence electrons. The highest BCUT2D eigenvalue weighted by atomic mass is 16.6. The lowest BCUT2D eigenvalue weighted by molar-refractivity contribution is -0.110. The van der Waals surface area contributed by atoms with Crippen molar-refractivity contribution in [2.75, 3.05) is 11.9 Å². The quantitative estimate of drug-likeness (QED) is 0.334. The Bertz CT molecular complexity index is 894. The van der Waals surface area contributed by atoms with Crippen LogP contribution >= 0.6 is 0 Å². The number of ketones is 1. The van der Waals surface area contributed by atoms with Crippen molar-refractivity contribution in [2.24, 2.45) is 5.16 Å². The van der Waals surface area contributed by atoms with Crippen LogP contribution in [0.5, 0.6) is 0 Å². The van der Waals surface area contributed by atoms with Gasteiger partial charge in [-0.15, -0.1) is 6.58 Å². The molecule has 0 bridgehead atoms. The number of amides is 1. The number of Topliss-reactive ketones (excluding diaryl/α,β-unsaturated/α-hetero) is 1. The maximum absolute atomic E-state index is 12.3. The minimum absolute atomic E-state index is 0.189. The smallest absolute Gasteiger partial charge is 0.270 e. The van der Waals surface area contributed by atoms with Crippen LogP contribution in [-0.2, 0) is 16.2 Å². The van der Waals surface area contributed by atoms with Crippen LogP contribution < -0.4 is 5.32 Å². The van der Waals surface area contributed by atoms with Crippen LogP contribution in [0.1, 0.15) is 32.9 Å². The molecule has 1 heterocycles. The van der Waals surface area contributed by atoms with E-state index in [0.717, 1.165) is 34.4 Å². The van der Waals surface area contributed by atoms with Gasteiger partial charge in [0.2, 0.25) is 5.78 Å². The summed E-state index contributed by atoms with van der Waals surface area (Å²) in [4.78, 5) is 29.2. The van der Waals surface area contributed by atoms with Crippen molar-refractivity contribution in [1.29, 1.82) is 0 Å². The highest BCUT2D eigenvalue weighted by Crippen LogP contribution is 2.18. The second-order valence-corrected chi connectivity index (χ2v) is 6.35. The van der Waals surface area contributed by atoms with E-state index >= 15 is 0 Å². The third-order valence-electron chi connectivity index (χ3n) is 4.49. The van der Waals surface area contributed by atoms with Crippen molar-refractivity contribution < 1.29 is 14.4 Å². The normalized spacial score (nSPS) is 10.8. The molecular formula is C21H25N3O3. The summed E-state index contributed by atoms with van der Waals surface area (Å²) in [5.74, 6) is -0.606. The van der Waals surface area contributed by atoms with Crippen LogP contribution in [0, 0.1) is 27.7 Å². The van der Waals surface area contributed by atoms with Gasteiger partial charge in [-0.2, -0.15) is 0 Å². The Morgan fingerprint density at radius 3 is 2.70 bits per heavy atom. The summed E-state index contributed by atoms with van der Waals surface area (Å²) in [6.45, 7) is 11.8. The van der Waals surface area contributed by atoms with E-state index in [4.69, 9.17) is 4.84 Å². The molecule has 6 heteroatoms. The van der Waals surface area contributed by atoms with Crippen molar-refractivity contribution in [3.8, 4) is 0 Å². The number of hydrogen-bond acceptors (Lipinski definition) is 4. The van der Waals surface area contributed by atoms with Crippen molar-refractivity contribution in [1.82, 2.24) is 4.57 Å². The Morgan fingerprint density at radius 1 is 1.26 bits per heavy atom. The summed E-state index contributed by atoms with van der Waals surface area (Å²) >= 11 is 0. The van der Waals surface area contributed by atoms with E-state index in [1.807, 2.05) is 56.5 Å². The number of allylic oxidation sites excluding steroid dienone is 1. The van der Waals surface area contributed by atoms with Gasteiger partial charge < -0.3 is 14.7 Å². The second kappa shape index (κ2) is 8.98. The van der Waals surface area contributed by atoms with Crippen LogP contribution in [0.2, 0.25) is 0 Å². The summed E-state index contributed by atoms with van der Waals surface area (Å²) in [7, 11) is 0. The van der Waals surface area contributed by atoms with E-state index in [1.165, 1.54) is 0 Å². The topological polar surface area (TPSA) is 72.7 Å². The Hall–Kier alpha value is -3.15. The first-order chi connectivity index (χ1) is 12.8. The molecule has 0 saturated heterocycles. The molecule has 1 amide bonds. The van der Waals surface area contributed by atoms with Gasteiger partial charge in [-0.05, 0) is 51.0 Å². The largest absolute Gasteiger partial charge is 0.387 e. The molecule has 0 saturated carbocycles. The minimum atomic E-state index is -0.416. The molecule has 6 nitrogen and oxygen atoms in total. The Labute approximate surface area is 159 Å². The lowest BCUT2D eigenvalue weighted by atomic mass is 10.1. The summed E-state index contributed by atoms with van der Waals surface area (Å²) in [5.41, 5.74) is 5.22. The number of rotatable bonds is 8. The van der Waals surface area contributed by atoms with Crippen molar-refractivity contribution in [2.45, 2.75) is 34.2 Å². The number of hydrogen-bond donors (Lipinski definition) is 1. The summed E-state index contributed by atoms with van der Waals surface area (Å²) in [6.07, 6.45) is 2.81. The maximum atomic E-state index is 12.3. The van der Waals surface area contributed by atoms with Gasteiger partial charge in [-0.1, -0.05) is 23.4 Å². The molecule has 2 rings (SSSR count). The van der Waals surface area contributed by atoms with Gasteiger partial charge in [0.15, 0.2) is 6.61 Å². The molecule has 0 spiro atoms. The third kappa shape index (κ3) is 4.94. The van der Waals surface area contributed by atoms with E-state index in [1.54, 1.807) is 6.08 Å². The number of oxime groups is 1. The summed E-state index contributed by atoms with van der Waals surface area (Å²) in [6, 6.07) is 7.48. The number of aryl methyl sites for hydroxylation is 2. The van der Waals surface area contributed by atoms with Crippen LogP contribution in [0.3, 0.4) is 0 Å². The number of anilines is 1. The Balaban J connectivity index is 1.91. The van der Waals surface area contributed by atoms with E-state index in [-0.39, 0.29) is 12.4 Å². The molecule has 0 aliphatic heterocycles. The highest BCUT2D eigenvalue weighted by molar-refractivity contribution is 6.31. The average molecular weight is 367 g/mol. The van der Waals surface area contributed by atoms with Gasteiger partial charge in [0.05, 0.1) is 0 Å². The first-order valence-corrected chi connectivity index (χ1v) is 8.68. The van der Waals surface area contributed by atoms with Gasteiger partial charge in [0, 0.05) is 29.2 Å².